The van der Waals surface area contributed by atoms with Crippen LogP contribution in [0.2, 0.25) is 0 Å². The van der Waals surface area contributed by atoms with Crippen LogP contribution in [0.5, 0.6) is 0 Å². The molecule has 3 aromatic rings. The van der Waals surface area contributed by atoms with Crippen LogP contribution in [0.3, 0.4) is 0 Å². The number of rotatable bonds is 7. The molecule has 1 aliphatic rings. The van der Waals surface area contributed by atoms with Crippen LogP contribution in [0.4, 0.5) is 0 Å². The normalized spacial score (nSPS) is 15.5. The number of pyridine rings is 1. The van der Waals surface area contributed by atoms with Crippen molar-refractivity contribution in [1.29, 1.82) is 0 Å². The number of hydrogen-bond donors (Lipinski definition) is 2. The van der Waals surface area contributed by atoms with E-state index in [4.69, 9.17) is 4.74 Å². The molecule has 0 spiro atoms. The largest absolute Gasteiger partial charge is 0.478 e. The van der Waals surface area contributed by atoms with Crippen LogP contribution >= 0.6 is 0 Å². The van der Waals surface area contributed by atoms with Gasteiger partial charge in [-0.3, -0.25) is 0 Å². The zero-order valence-corrected chi connectivity index (χ0v) is 16.7. The number of carboxylic acids is 1. The van der Waals surface area contributed by atoms with Gasteiger partial charge >= 0.3 is 5.97 Å². The molecule has 6 nitrogen and oxygen atoms in total. The number of hydrogen-bond acceptors (Lipinski definition) is 3. The highest BCUT2D eigenvalue weighted by Gasteiger charge is 2.47. The van der Waals surface area contributed by atoms with E-state index < -0.39 is 11.6 Å². The number of aryl methyl sites for hydroxylation is 1. The second-order valence-corrected chi connectivity index (χ2v) is 7.68. The first-order valence-corrected chi connectivity index (χ1v) is 9.76. The molecule has 6 heteroatoms. The zero-order valence-electron chi connectivity index (χ0n) is 16.7. The summed E-state index contributed by atoms with van der Waals surface area (Å²) in [4.78, 5) is 19.2. The van der Waals surface area contributed by atoms with E-state index in [0.29, 0.717) is 25.0 Å². The lowest BCUT2D eigenvalue weighted by atomic mass is 9.80. The molecule has 0 aromatic carbocycles. The van der Waals surface area contributed by atoms with Crippen LogP contribution in [-0.2, 0) is 23.0 Å². The van der Waals surface area contributed by atoms with Gasteiger partial charge in [0.05, 0.1) is 0 Å². The molecule has 150 valence electrons. The van der Waals surface area contributed by atoms with Gasteiger partial charge in [0.2, 0.25) is 5.60 Å². The molecule has 0 atom stereocenters. The minimum atomic E-state index is -1.08. The van der Waals surface area contributed by atoms with Gasteiger partial charge in [-0.15, -0.1) is 0 Å². The smallest absolute Gasteiger partial charge is 0.348 e. The van der Waals surface area contributed by atoms with Crippen molar-refractivity contribution in [2.75, 3.05) is 0 Å². The van der Waals surface area contributed by atoms with E-state index in [1.165, 1.54) is 11.3 Å². The standard InChI is InChI=1S/C23H25N3O3/c1-15(29-23(22(27)28)10-6-11-23)7-4-9-20-16(2)18(14-26(20)3)19-13-17-8-5-12-24-21(17)25-19/h4-5,7-8,12-14H,1,6,9-11H2,2-3H3,(H,24,25)(H,27,28)/b7-4-. The number of allylic oxidation sites excluding steroid dienone is 2. The molecule has 2 N–H and O–H groups in total. The number of nitrogens with zero attached hydrogens (tertiary/aromatic N) is 2. The van der Waals surface area contributed by atoms with Crippen LogP contribution in [-0.4, -0.2) is 31.2 Å². The van der Waals surface area contributed by atoms with E-state index in [9.17, 15) is 9.90 Å². The first-order valence-electron chi connectivity index (χ1n) is 9.76. The molecule has 0 aliphatic heterocycles. The van der Waals surface area contributed by atoms with E-state index in [1.54, 1.807) is 12.3 Å². The second kappa shape index (κ2) is 7.28. The third-order valence-corrected chi connectivity index (χ3v) is 5.76. The average molecular weight is 391 g/mol. The highest BCUT2D eigenvalue weighted by Crippen LogP contribution is 2.37. The summed E-state index contributed by atoms with van der Waals surface area (Å²) in [5.74, 6) is -0.519. The number of aromatic nitrogens is 3. The van der Waals surface area contributed by atoms with Gasteiger partial charge in [-0.05, 0) is 56.0 Å². The maximum atomic E-state index is 11.4. The minimum Gasteiger partial charge on any atom is -0.478 e. The van der Waals surface area contributed by atoms with Crippen LogP contribution in [0, 0.1) is 6.92 Å². The number of fused-ring (bicyclic) bond motifs is 1. The molecule has 0 bridgehead atoms. The van der Waals surface area contributed by atoms with Crippen LogP contribution in [0.15, 0.2) is 55.1 Å². The van der Waals surface area contributed by atoms with Gasteiger partial charge in [-0.25, -0.2) is 9.78 Å². The quantitative estimate of drug-likeness (QED) is 0.459. The van der Waals surface area contributed by atoms with Crippen molar-refractivity contribution in [1.82, 2.24) is 14.5 Å². The maximum absolute atomic E-state index is 11.4. The van der Waals surface area contributed by atoms with Gasteiger partial charge in [0.25, 0.3) is 0 Å². The fourth-order valence-corrected chi connectivity index (χ4v) is 3.90. The number of H-pyrrole nitrogens is 1. The average Bonchev–Trinajstić information content (AvgIpc) is 3.20. The van der Waals surface area contributed by atoms with E-state index in [2.05, 4.69) is 40.3 Å². The molecule has 0 amide bonds. The Kier molecular flexibility index (Phi) is 4.78. The van der Waals surface area contributed by atoms with Gasteiger partial charge in [-0.1, -0.05) is 12.7 Å². The number of carbonyl (C=O) groups is 1. The van der Waals surface area contributed by atoms with Gasteiger partial charge in [-0.2, -0.15) is 0 Å². The second-order valence-electron chi connectivity index (χ2n) is 7.68. The molecule has 1 saturated carbocycles. The Balaban J connectivity index is 1.49. The summed E-state index contributed by atoms with van der Waals surface area (Å²) in [5, 5.41) is 10.5. The predicted octanol–water partition coefficient (Wildman–Crippen LogP) is 4.51. The maximum Gasteiger partial charge on any atom is 0.348 e. The predicted molar refractivity (Wildman–Crippen MR) is 113 cm³/mol. The van der Waals surface area contributed by atoms with E-state index in [-0.39, 0.29) is 0 Å². The van der Waals surface area contributed by atoms with Gasteiger partial charge in [0.15, 0.2) is 0 Å². The van der Waals surface area contributed by atoms with Crippen LogP contribution in [0.25, 0.3) is 22.3 Å². The summed E-state index contributed by atoms with van der Waals surface area (Å²) in [6.07, 6.45) is 10.3. The van der Waals surface area contributed by atoms with E-state index in [1.807, 2.05) is 25.3 Å². The van der Waals surface area contributed by atoms with Crippen molar-refractivity contribution in [3.63, 3.8) is 0 Å². The Hall–Kier alpha value is -3.28. The van der Waals surface area contributed by atoms with Crippen LogP contribution < -0.4 is 0 Å². The fourth-order valence-electron chi connectivity index (χ4n) is 3.90. The molecule has 29 heavy (non-hydrogen) atoms. The Bertz CT molecular complexity index is 1080. The number of aliphatic carboxylic acids is 1. The molecular formula is C23H25N3O3. The third-order valence-electron chi connectivity index (χ3n) is 5.76. The van der Waals surface area contributed by atoms with Crippen LogP contribution in [0.1, 0.15) is 30.5 Å². The van der Waals surface area contributed by atoms with Gasteiger partial charge in [0.1, 0.15) is 11.4 Å². The number of carboxylic acid groups (broad SMARTS) is 1. The summed E-state index contributed by atoms with van der Waals surface area (Å²) < 4.78 is 7.76. The monoisotopic (exact) mass is 391 g/mol. The summed E-state index contributed by atoms with van der Waals surface area (Å²) in [5.41, 5.74) is 4.35. The topological polar surface area (TPSA) is 80.1 Å². The highest BCUT2D eigenvalue weighted by atomic mass is 16.5. The zero-order chi connectivity index (χ0) is 20.6. The Morgan fingerprint density at radius 1 is 1.48 bits per heavy atom. The van der Waals surface area contributed by atoms with Crippen molar-refractivity contribution in [3.05, 3.63) is 66.3 Å². The molecule has 3 heterocycles. The molecule has 1 fully saturated rings. The summed E-state index contributed by atoms with van der Waals surface area (Å²) in [6.45, 7) is 5.97. The lowest BCUT2D eigenvalue weighted by molar-refractivity contribution is -0.170. The van der Waals surface area contributed by atoms with E-state index in [0.717, 1.165) is 28.7 Å². The molecule has 0 saturated heterocycles. The fraction of sp³-hybridized carbons (Fsp3) is 0.304. The Labute approximate surface area is 169 Å². The third kappa shape index (κ3) is 3.46. The van der Waals surface area contributed by atoms with Crippen molar-refractivity contribution in [2.24, 2.45) is 7.05 Å². The van der Waals surface area contributed by atoms with Crippen molar-refractivity contribution in [2.45, 2.75) is 38.2 Å². The molecule has 3 aromatic heterocycles. The molecule has 0 unspecified atom stereocenters. The number of aromatic amines is 1. The number of nitrogens with one attached hydrogen (secondary N) is 1. The minimum absolute atomic E-state index is 0.390. The molecular weight excluding hydrogens is 366 g/mol. The van der Waals surface area contributed by atoms with Crippen molar-refractivity contribution in [3.8, 4) is 11.3 Å². The number of ether oxygens (including phenoxy) is 1. The molecule has 1 aliphatic carbocycles. The lowest BCUT2D eigenvalue weighted by Crippen LogP contribution is -2.47. The highest BCUT2D eigenvalue weighted by molar-refractivity contribution is 5.83. The Morgan fingerprint density at radius 2 is 2.28 bits per heavy atom. The lowest BCUT2D eigenvalue weighted by Gasteiger charge is -2.37. The first kappa shape index (κ1) is 19.1. The van der Waals surface area contributed by atoms with E-state index >= 15 is 0 Å². The van der Waals surface area contributed by atoms with Gasteiger partial charge < -0.3 is 19.4 Å². The summed E-state index contributed by atoms with van der Waals surface area (Å²) in [7, 11) is 2.03. The van der Waals surface area contributed by atoms with Gasteiger partial charge in [0, 0.05) is 48.2 Å². The Morgan fingerprint density at radius 3 is 2.93 bits per heavy atom. The SMILES string of the molecule is C=C(/C=C\Cc1c(C)c(-c2cc3cccnc3[nH]2)cn1C)OC1(C(=O)O)CCC1. The van der Waals surface area contributed by atoms with Crippen molar-refractivity contribution >= 4 is 17.0 Å². The summed E-state index contributed by atoms with van der Waals surface area (Å²) >= 11 is 0. The first-order chi connectivity index (χ1) is 13.9. The molecule has 4 rings (SSSR count). The summed E-state index contributed by atoms with van der Waals surface area (Å²) in [6, 6.07) is 6.09. The van der Waals surface area contributed by atoms with Crippen molar-refractivity contribution < 1.29 is 14.6 Å². The molecule has 0 radical (unpaired) electrons.